The van der Waals surface area contributed by atoms with E-state index in [0.717, 1.165) is 52.0 Å². The van der Waals surface area contributed by atoms with E-state index in [4.69, 9.17) is 4.84 Å². The van der Waals surface area contributed by atoms with Gasteiger partial charge in [-0.25, -0.2) is 16.2 Å². The van der Waals surface area contributed by atoms with Crippen molar-refractivity contribution in [2.75, 3.05) is 26.3 Å². The largest absolute Gasteiger partial charge is 0.355 e. The number of nitrogens with zero attached hydrogens (tertiary/aromatic N) is 1. The predicted octanol–water partition coefficient (Wildman–Crippen LogP) is -3.40. The first-order valence-electron chi connectivity index (χ1n) is 9.55. The van der Waals surface area contributed by atoms with Gasteiger partial charge < -0.3 is 15.7 Å². The Morgan fingerprint density at radius 3 is 2.81 bits per heavy atom. The van der Waals surface area contributed by atoms with Crippen molar-refractivity contribution in [1.29, 1.82) is 0 Å². The van der Waals surface area contributed by atoms with Crippen LogP contribution in [0.15, 0.2) is 0 Å². The summed E-state index contributed by atoms with van der Waals surface area (Å²) in [7, 11) is 0. The molecule has 11 heteroatoms. The maximum Gasteiger partial charge on any atom is 0.239 e. The number of carbonyl (C=O) groups excluding carboxylic acids is 1. The van der Waals surface area contributed by atoms with Crippen molar-refractivity contribution in [2.45, 2.75) is 56.6 Å². The van der Waals surface area contributed by atoms with E-state index in [1.54, 1.807) is 0 Å². The molecule has 0 bridgehead atoms. The third-order valence-corrected chi connectivity index (χ3v) is 5.66. The standard InChI is InChI=1S/C15H30N8O3/c24-14(10-3-4-11(21-20-10)23-7-6-16-8-23)18-12-9(2-1-5-17-12)13-19-15(25)26-22-13/h9-13,15-17,19-22,25H,1-8H2,(H,18,24). The van der Waals surface area contributed by atoms with Gasteiger partial charge in [-0.2, -0.15) is 5.48 Å². The van der Waals surface area contributed by atoms with Crippen molar-refractivity contribution >= 4 is 5.91 Å². The Labute approximate surface area is 152 Å². The van der Waals surface area contributed by atoms with Crippen molar-refractivity contribution in [3.63, 3.8) is 0 Å². The van der Waals surface area contributed by atoms with Gasteiger partial charge in [0.25, 0.3) is 0 Å². The summed E-state index contributed by atoms with van der Waals surface area (Å²) in [4.78, 5) is 20.0. The van der Waals surface area contributed by atoms with Gasteiger partial charge >= 0.3 is 0 Å². The highest BCUT2D eigenvalue weighted by molar-refractivity contribution is 5.82. The molecular weight excluding hydrogens is 340 g/mol. The van der Waals surface area contributed by atoms with Crippen LogP contribution in [0, 0.1) is 5.92 Å². The SMILES string of the molecule is O=C(NC1NCCCC1C1NOC(O)N1)C1CCC(N2CCNC2)NN1. The summed E-state index contributed by atoms with van der Waals surface area (Å²) in [5, 5.41) is 22.2. The summed E-state index contributed by atoms with van der Waals surface area (Å²) in [6.07, 6.45) is 2.55. The summed E-state index contributed by atoms with van der Waals surface area (Å²) in [6, 6.07) is -0.252. The minimum Gasteiger partial charge on any atom is -0.355 e. The van der Waals surface area contributed by atoms with E-state index in [-0.39, 0.29) is 36.4 Å². The van der Waals surface area contributed by atoms with Crippen molar-refractivity contribution in [3.05, 3.63) is 0 Å². The zero-order valence-electron chi connectivity index (χ0n) is 14.8. The zero-order valence-corrected chi connectivity index (χ0v) is 14.8. The van der Waals surface area contributed by atoms with Gasteiger partial charge in [0.2, 0.25) is 12.3 Å². The van der Waals surface area contributed by atoms with Crippen LogP contribution < -0.4 is 37.6 Å². The molecule has 4 heterocycles. The number of rotatable bonds is 4. The number of nitrogens with one attached hydrogen (secondary N) is 7. The molecule has 4 rings (SSSR count). The van der Waals surface area contributed by atoms with E-state index in [9.17, 15) is 9.90 Å². The van der Waals surface area contributed by atoms with E-state index in [2.05, 4.69) is 42.5 Å². The van der Waals surface area contributed by atoms with Crippen LogP contribution in [0.4, 0.5) is 0 Å². The van der Waals surface area contributed by atoms with Gasteiger partial charge in [-0.05, 0) is 32.2 Å². The predicted molar refractivity (Wildman–Crippen MR) is 92.5 cm³/mol. The van der Waals surface area contributed by atoms with Crippen LogP contribution in [0.1, 0.15) is 25.7 Å². The molecule has 0 aliphatic carbocycles. The van der Waals surface area contributed by atoms with Crippen LogP contribution >= 0.6 is 0 Å². The first-order valence-corrected chi connectivity index (χ1v) is 9.55. The molecule has 0 radical (unpaired) electrons. The van der Waals surface area contributed by atoms with Crippen LogP contribution in [-0.2, 0) is 9.63 Å². The highest BCUT2D eigenvalue weighted by Crippen LogP contribution is 2.21. The third-order valence-electron chi connectivity index (χ3n) is 5.66. The molecule has 4 aliphatic heterocycles. The lowest BCUT2D eigenvalue weighted by molar-refractivity contribution is -0.126. The van der Waals surface area contributed by atoms with E-state index >= 15 is 0 Å². The summed E-state index contributed by atoms with van der Waals surface area (Å²) in [6.45, 7) is 3.79. The maximum atomic E-state index is 12.7. The van der Waals surface area contributed by atoms with Crippen LogP contribution in [-0.4, -0.2) is 73.2 Å². The van der Waals surface area contributed by atoms with Crippen molar-refractivity contribution < 1.29 is 14.7 Å². The molecule has 4 aliphatic rings. The Kier molecular flexibility index (Phi) is 5.98. The molecule has 26 heavy (non-hydrogen) atoms. The second-order valence-electron chi connectivity index (χ2n) is 7.38. The lowest BCUT2D eigenvalue weighted by Gasteiger charge is -2.38. The highest BCUT2D eigenvalue weighted by Gasteiger charge is 2.38. The van der Waals surface area contributed by atoms with E-state index < -0.39 is 6.41 Å². The van der Waals surface area contributed by atoms with E-state index in [0.29, 0.717) is 0 Å². The number of aliphatic hydroxyl groups is 1. The quantitative estimate of drug-likeness (QED) is 0.253. The first kappa shape index (κ1) is 18.5. The van der Waals surface area contributed by atoms with Gasteiger partial charge in [0.1, 0.15) is 6.04 Å². The normalized spacial score (nSPS) is 42.0. The fourth-order valence-electron chi connectivity index (χ4n) is 4.18. The molecule has 0 spiro atoms. The molecule has 6 unspecified atom stereocenters. The fraction of sp³-hybridized carbons (Fsp3) is 0.933. The number of aliphatic hydroxyl groups excluding tert-OH is 1. The number of piperidine rings is 1. The first-order chi connectivity index (χ1) is 12.7. The molecule has 0 aromatic heterocycles. The topological polar surface area (TPSA) is 134 Å². The molecule has 0 aromatic carbocycles. The molecule has 11 nitrogen and oxygen atoms in total. The highest BCUT2D eigenvalue weighted by atomic mass is 16.8. The van der Waals surface area contributed by atoms with Gasteiger partial charge in [0.05, 0.1) is 18.5 Å². The number of hydrazine groups is 1. The van der Waals surface area contributed by atoms with Gasteiger partial charge in [-0.3, -0.25) is 19.8 Å². The fourth-order valence-corrected chi connectivity index (χ4v) is 4.18. The number of hydrogen-bond donors (Lipinski definition) is 8. The Bertz CT molecular complexity index is 484. The number of hydroxylamine groups is 1. The number of carbonyl (C=O) groups is 1. The third kappa shape index (κ3) is 4.16. The Balaban J connectivity index is 1.28. The molecule has 4 fully saturated rings. The Morgan fingerprint density at radius 2 is 2.12 bits per heavy atom. The Morgan fingerprint density at radius 1 is 1.19 bits per heavy atom. The van der Waals surface area contributed by atoms with Crippen molar-refractivity contribution in [3.8, 4) is 0 Å². The summed E-state index contributed by atoms with van der Waals surface area (Å²) < 4.78 is 0. The molecule has 6 atom stereocenters. The molecule has 0 saturated carbocycles. The molecule has 1 amide bonds. The average Bonchev–Trinajstić information content (AvgIpc) is 3.34. The summed E-state index contributed by atoms with van der Waals surface area (Å²) in [5.74, 6) is 0.0733. The van der Waals surface area contributed by atoms with E-state index in [1.807, 2.05) is 0 Å². The summed E-state index contributed by atoms with van der Waals surface area (Å²) >= 11 is 0. The van der Waals surface area contributed by atoms with Gasteiger partial charge in [-0.1, -0.05) is 0 Å². The Hall–Kier alpha value is -0.890. The van der Waals surface area contributed by atoms with Crippen LogP contribution in [0.3, 0.4) is 0 Å². The minimum absolute atomic E-state index is 0.0145. The average molecular weight is 370 g/mol. The second-order valence-corrected chi connectivity index (χ2v) is 7.38. The van der Waals surface area contributed by atoms with Gasteiger partial charge in [0.15, 0.2) is 0 Å². The lowest BCUT2D eigenvalue weighted by atomic mass is 9.92. The smallest absolute Gasteiger partial charge is 0.239 e. The minimum atomic E-state index is -1.01. The van der Waals surface area contributed by atoms with Crippen LogP contribution in [0.5, 0.6) is 0 Å². The molecule has 148 valence electrons. The second kappa shape index (κ2) is 8.42. The van der Waals surface area contributed by atoms with E-state index in [1.165, 1.54) is 0 Å². The summed E-state index contributed by atoms with van der Waals surface area (Å²) in [5.41, 5.74) is 9.25. The monoisotopic (exact) mass is 370 g/mol. The van der Waals surface area contributed by atoms with Gasteiger partial charge in [-0.15, -0.1) is 0 Å². The zero-order chi connectivity index (χ0) is 17.9. The van der Waals surface area contributed by atoms with Crippen LogP contribution in [0.2, 0.25) is 0 Å². The molecular formula is C15H30N8O3. The van der Waals surface area contributed by atoms with Gasteiger partial charge in [0, 0.05) is 25.7 Å². The maximum absolute atomic E-state index is 12.7. The van der Waals surface area contributed by atoms with Crippen LogP contribution in [0.25, 0.3) is 0 Å². The number of hydrogen-bond acceptors (Lipinski definition) is 10. The number of amides is 1. The lowest BCUT2D eigenvalue weighted by Crippen LogP contribution is -2.65. The molecule has 8 N–H and O–H groups in total. The van der Waals surface area contributed by atoms with Crippen molar-refractivity contribution in [2.24, 2.45) is 5.92 Å². The molecule has 0 aromatic rings. The molecule has 4 saturated heterocycles. The van der Waals surface area contributed by atoms with Crippen molar-refractivity contribution in [1.82, 2.24) is 42.5 Å².